The lowest BCUT2D eigenvalue weighted by molar-refractivity contribution is 0.222. The molecule has 0 radical (unpaired) electrons. The van der Waals surface area contributed by atoms with Gasteiger partial charge in [-0.3, -0.25) is 0 Å². The molecule has 78 valence electrons. The van der Waals surface area contributed by atoms with E-state index in [0.29, 0.717) is 0 Å². The number of unbranched alkanes of at least 4 members (excludes halogenated alkanes) is 1. The summed E-state index contributed by atoms with van der Waals surface area (Å²) in [5, 5.41) is 3.53. The molecule has 1 fully saturated rings. The van der Waals surface area contributed by atoms with Crippen LogP contribution in [0.5, 0.6) is 0 Å². The van der Waals surface area contributed by atoms with Crippen LogP contribution >= 0.6 is 0 Å². The van der Waals surface area contributed by atoms with Gasteiger partial charge in [0.05, 0.1) is 0 Å². The second-order valence-corrected chi connectivity index (χ2v) is 4.44. The Bertz CT molecular complexity index is 120. The zero-order chi connectivity index (χ0) is 9.52. The Hall–Kier alpha value is -0.0400. The second-order valence-electron chi connectivity index (χ2n) is 4.44. The van der Waals surface area contributed by atoms with Crippen molar-refractivity contribution >= 4 is 0 Å². The van der Waals surface area contributed by atoms with Crippen LogP contribution in [0.15, 0.2) is 0 Å². The third-order valence-corrected chi connectivity index (χ3v) is 3.35. The molecule has 2 atom stereocenters. The molecule has 0 saturated carbocycles. The minimum absolute atomic E-state index is 0.977. The zero-order valence-electron chi connectivity index (χ0n) is 9.31. The maximum atomic E-state index is 3.53. The summed E-state index contributed by atoms with van der Waals surface area (Å²) in [6.45, 7) is 7.15. The van der Waals surface area contributed by atoms with Gasteiger partial charge in [0.1, 0.15) is 0 Å². The topological polar surface area (TPSA) is 12.0 Å². The van der Waals surface area contributed by atoms with Gasteiger partial charge in [0, 0.05) is 0 Å². The van der Waals surface area contributed by atoms with E-state index in [0.717, 1.165) is 11.8 Å². The first-order chi connectivity index (χ1) is 6.38. The van der Waals surface area contributed by atoms with Gasteiger partial charge in [-0.05, 0) is 37.8 Å². The third kappa shape index (κ3) is 3.68. The predicted molar refractivity (Wildman–Crippen MR) is 58.9 cm³/mol. The quantitative estimate of drug-likeness (QED) is 0.690. The molecule has 0 aliphatic carbocycles. The lowest BCUT2D eigenvalue weighted by atomic mass is 9.80. The molecule has 1 aliphatic rings. The van der Waals surface area contributed by atoms with Gasteiger partial charge in [-0.25, -0.2) is 0 Å². The van der Waals surface area contributed by atoms with Gasteiger partial charge in [-0.15, -0.1) is 0 Å². The molecule has 1 aliphatic heterocycles. The van der Waals surface area contributed by atoms with E-state index in [2.05, 4.69) is 19.2 Å². The summed E-state index contributed by atoms with van der Waals surface area (Å²) in [6, 6.07) is 0. The van der Waals surface area contributed by atoms with Crippen molar-refractivity contribution in [3.63, 3.8) is 0 Å². The average Bonchev–Trinajstić information content (AvgIpc) is 2.17. The highest BCUT2D eigenvalue weighted by Crippen LogP contribution is 2.27. The summed E-state index contributed by atoms with van der Waals surface area (Å²) in [5.41, 5.74) is 0. The van der Waals surface area contributed by atoms with Gasteiger partial charge in [-0.2, -0.15) is 0 Å². The fourth-order valence-electron chi connectivity index (χ4n) is 2.53. The van der Waals surface area contributed by atoms with Crippen molar-refractivity contribution in [1.29, 1.82) is 0 Å². The molecular weight excluding hydrogens is 158 g/mol. The second kappa shape index (κ2) is 6.42. The first kappa shape index (κ1) is 11.0. The number of rotatable bonds is 5. The molecule has 0 bridgehead atoms. The number of hydrogen-bond donors (Lipinski definition) is 1. The van der Waals surface area contributed by atoms with Crippen molar-refractivity contribution in [2.75, 3.05) is 13.1 Å². The highest BCUT2D eigenvalue weighted by atomic mass is 14.9. The lowest BCUT2D eigenvalue weighted by Crippen LogP contribution is -2.36. The summed E-state index contributed by atoms with van der Waals surface area (Å²) in [6.07, 6.45) is 8.48. The molecule has 0 aromatic rings. The van der Waals surface area contributed by atoms with E-state index in [9.17, 15) is 0 Å². The first-order valence-corrected chi connectivity index (χ1v) is 6.09. The van der Waals surface area contributed by atoms with Crippen molar-refractivity contribution in [3.8, 4) is 0 Å². The SMILES string of the molecule is CCCCC1CCNCC1CCC. The molecule has 0 amide bonds. The Morgan fingerprint density at radius 3 is 2.62 bits per heavy atom. The molecule has 1 heterocycles. The highest BCUT2D eigenvalue weighted by molar-refractivity contribution is 4.77. The van der Waals surface area contributed by atoms with Crippen LogP contribution in [0.2, 0.25) is 0 Å². The maximum Gasteiger partial charge on any atom is -0.00179 e. The van der Waals surface area contributed by atoms with Gasteiger partial charge < -0.3 is 5.32 Å². The van der Waals surface area contributed by atoms with Crippen LogP contribution in [-0.4, -0.2) is 13.1 Å². The van der Waals surface area contributed by atoms with E-state index >= 15 is 0 Å². The minimum atomic E-state index is 0.977. The van der Waals surface area contributed by atoms with Crippen molar-refractivity contribution in [3.05, 3.63) is 0 Å². The maximum absolute atomic E-state index is 3.53. The molecule has 0 spiro atoms. The van der Waals surface area contributed by atoms with Gasteiger partial charge in [0.2, 0.25) is 0 Å². The molecule has 1 N–H and O–H groups in total. The van der Waals surface area contributed by atoms with E-state index < -0.39 is 0 Å². The number of hydrogen-bond acceptors (Lipinski definition) is 1. The monoisotopic (exact) mass is 183 g/mol. The Labute approximate surface area is 83.3 Å². The Balaban J connectivity index is 2.28. The molecule has 1 heteroatoms. The highest BCUT2D eigenvalue weighted by Gasteiger charge is 2.22. The number of piperidine rings is 1. The normalized spacial score (nSPS) is 29.1. The van der Waals surface area contributed by atoms with Crippen LogP contribution in [0, 0.1) is 11.8 Å². The molecule has 0 aromatic carbocycles. The van der Waals surface area contributed by atoms with E-state index in [4.69, 9.17) is 0 Å². The summed E-state index contributed by atoms with van der Waals surface area (Å²) >= 11 is 0. The fraction of sp³-hybridized carbons (Fsp3) is 1.00. The van der Waals surface area contributed by atoms with Crippen molar-refractivity contribution in [2.45, 2.75) is 52.4 Å². The van der Waals surface area contributed by atoms with E-state index in [1.54, 1.807) is 0 Å². The van der Waals surface area contributed by atoms with Crippen LogP contribution in [0.3, 0.4) is 0 Å². The van der Waals surface area contributed by atoms with Crippen LogP contribution in [0.1, 0.15) is 52.4 Å². The zero-order valence-corrected chi connectivity index (χ0v) is 9.31. The molecule has 2 unspecified atom stereocenters. The van der Waals surface area contributed by atoms with E-state index in [-0.39, 0.29) is 0 Å². The van der Waals surface area contributed by atoms with Crippen molar-refractivity contribution in [2.24, 2.45) is 11.8 Å². The largest absolute Gasteiger partial charge is 0.316 e. The Morgan fingerprint density at radius 1 is 1.08 bits per heavy atom. The molecule has 1 rings (SSSR count). The van der Waals surface area contributed by atoms with Gasteiger partial charge in [0.25, 0.3) is 0 Å². The van der Waals surface area contributed by atoms with E-state index in [1.807, 2.05) is 0 Å². The van der Waals surface area contributed by atoms with Crippen LogP contribution in [-0.2, 0) is 0 Å². The summed E-state index contributed by atoms with van der Waals surface area (Å²) < 4.78 is 0. The molecule has 1 saturated heterocycles. The van der Waals surface area contributed by atoms with Gasteiger partial charge >= 0.3 is 0 Å². The fourth-order valence-corrected chi connectivity index (χ4v) is 2.53. The summed E-state index contributed by atoms with van der Waals surface area (Å²) in [5.74, 6) is 2.01. The van der Waals surface area contributed by atoms with Gasteiger partial charge in [0.15, 0.2) is 0 Å². The smallest absolute Gasteiger partial charge is 0.00179 e. The Kier molecular flexibility index (Phi) is 5.45. The van der Waals surface area contributed by atoms with Crippen LogP contribution in [0.4, 0.5) is 0 Å². The van der Waals surface area contributed by atoms with Crippen LogP contribution < -0.4 is 5.32 Å². The number of nitrogens with one attached hydrogen (secondary N) is 1. The molecule has 0 aromatic heterocycles. The van der Waals surface area contributed by atoms with Gasteiger partial charge in [-0.1, -0.05) is 39.5 Å². The van der Waals surface area contributed by atoms with Crippen molar-refractivity contribution in [1.82, 2.24) is 5.32 Å². The summed E-state index contributed by atoms with van der Waals surface area (Å²) in [7, 11) is 0. The molecular formula is C12H25N. The standard InChI is InChI=1S/C12H25N/c1-3-5-7-11-8-9-13-10-12(11)6-4-2/h11-13H,3-10H2,1-2H3. The predicted octanol–water partition coefficient (Wildman–Crippen LogP) is 3.20. The summed E-state index contributed by atoms with van der Waals surface area (Å²) in [4.78, 5) is 0. The molecule has 13 heavy (non-hydrogen) atoms. The third-order valence-electron chi connectivity index (χ3n) is 3.35. The van der Waals surface area contributed by atoms with E-state index in [1.165, 1.54) is 51.6 Å². The average molecular weight is 183 g/mol. The van der Waals surface area contributed by atoms with Crippen molar-refractivity contribution < 1.29 is 0 Å². The molecule has 1 nitrogen and oxygen atoms in total. The minimum Gasteiger partial charge on any atom is -0.316 e. The first-order valence-electron chi connectivity index (χ1n) is 6.09. The lowest BCUT2D eigenvalue weighted by Gasteiger charge is -2.32. The Morgan fingerprint density at radius 2 is 1.92 bits per heavy atom. The van der Waals surface area contributed by atoms with Crippen LogP contribution in [0.25, 0.3) is 0 Å².